The highest BCUT2D eigenvalue weighted by Gasteiger charge is 2.42. The summed E-state index contributed by atoms with van der Waals surface area (Å²) in [4.78, 5) is 4.72. The van der Waals surface area contributed by atoms with Gasteiger partial charge in [0, 0.05) is 38.1 Å². The standard InChI is InChI=1S/C19H31N3O3S.HI/c1-26-13-11-21-18(20-10-7-16-6-5-12-23-16)22-14-17-15-24-19(25-17)8-3-2-4-9-19;/h5-6,12,17H,2-4,7-11,13-15H2,1H3,(H2,20,21,22);1H. The van der Waals surface area contributed by atoms with Gasteiger partial charge in [0.1, 0.15) is 11.9 Å². The van der Waals surface area contributed by atoms with E-state index in [1.54, 1.807) is 6.26 Å². The van der Waals surface area contributed by atoms with E-state index in [0.717, 1.165) is 49.8 Å². The van der Waals surface area contributed by atoms with Crippen molar-refractivity contribution in [3.63, 3.8) is 0 Å². The molecule has 1 saturated heterocycles. The summed E-state index contributed by atoms with van der Waals surface area (Å²) in [5.74, 6) is 2.54. The maximum atomic E-state index is 6.23. The van der Waals surface area contributed by atoms with Crippen LogP contribution >= 0.6 is 35.7 Å². The van der Waals surface area contributed by atoms with Crippen LogP contribution in [0.3, 0.4) is 0 Å². The summed E-state index contributed by atoms with van der Waals surface area (Å²) >= 11 is 1.82. The lowest BCUT2D eigenvalue weighted by atomic mass is 9.94. The third kappa shape index (κ3) is 7.47. The lowest BCUT2D eigenvalue weighted by molar-refractivity contribution is -0.186. The van der Waals surface area contributed by atoms with Gasteiger partial charge in [0.2, 0.25) is 0 Å². The summed E-state index contributed by atoms with van der Waals surface area (Å²) in [6.45, 7) is 2.94. The second-order valence-electron chi connectivity index (χ2n) is 6.89. The van der Waals surface area contributed by atoms with Gasteiger partial charge < -0.3 is 24.5 Å². The maximum Gasteiger partial charge on any atom is 0.191 e. The zero-order chi connectivity index (χ0) is 18.1. The van der Waals surface area contributed by atoms with Gasteiger partial charge in [-0.05, 0) is 31.2 Å². The van der Waals surface area contributed by atoms with Crippen molar-refractivity contribution in [1.29, 1.82) is 0 Å². The van der Waals surface area contributed by atoms with Gasteiger partial charge in [-0.2, -0.15) is 11.8 Å². The number of nitrogens with one attached hydrogen (secondary N) is 2. The summed E-state index contributed by atoms with van der Waals surface area (Å²) in [5.41, 5.74) is 0. The van der Waals surface area contributed by atoms with Crippen molar-refractivity contribution in [2.75, 3.05) is 38.2 Å². The molecule has 2 N–H and O–H groups in total. The molecule has 1 aliphatic heterocycles. The van der Waals surface area contributed by atoms with Gasteiger partial charge in [-0.3, -0.25) is 4.99 Å². The molecule has 154 valence electrons. The number of nitrogens with zero attached hydrogens (tertiary/aromatic N) is 1. The van der Waals surface area contributed by atoms with Crippen LogP contribution in [-0.4, -0.2) is 56.1 Å². The SMILES string of the molecule is CSCCNC(=NCC1COC2(CCCCC2)O1)NCCc1ccco1.I. The Kier molecular flexibility index (Phi) is 10.3. The Bertz CT molecular complexity index is 550. The molecular formula is C19H32IN3O3S. The average Bonchev–Trinajstić information content (AvgIpc) is 3.31. The van der Waals surface area contributed by atoms with E-state index in [0.29, 0.717) is 13.2 Å². The molecule has 1 aromatic heterocycles. The predicted molar refractivity (Wildman–Crippen MR) is 121 cm³/mol. The minimum atomic E-state index is -0.322. The van der Waals surface area contributed by atoms with E-state index >= 15 is 0 Å². The molecule has 2 fully saturated rings. The van der Waals surface area contributed by atoms with Gasteiger partial charge in [0.05, 0.1) is 19.4 Å². The van der Waals surface area contributed by atoms with Gasteiger partial charge in [0.25, 0.3) is 0 Å². The van der Waals surface area contributed by atoms with Crippen LogP contribution in [0.25, 0.3) is 0 Å². The van der Waals surface area contributed by atoms with Crippen LogP contribution in [0, 0.1) is 0 Å². The van der Waals surface area contributed by atoms with E-state index < -0.39 is 0 Å². The Labute approximate surface area is 183 Å². The molecule has 2 aliphatic rings. The van der Waals surface area contributed by atoms with E-state index in [-0.39, 0.29) is 35.9 Å². The minimum Gasteiger partial charge on any atom is -0.469 e. The number of furan rings is 1. The Morgan fingerprint density at radius 1 is 1.26 bits per heavy atom. The first kappa shape index (κ1) is 22.8. The molecule has 0 amide bonds. The van der Waals surface area contributed by atoms with Crippen LogP contribution in [-0.2, 0) is 15.9 Å². The third-order valence-corrected chi connectivity index (χ3v) is 5.44. The van der Waals surface area contributed by atoms with E-state index in [9.17, 15) is 0 Å². The second kappa shape index (κ2) is 12.2. The van der Waals surface area contributed by atoms with Crippen LogP contribution in [0.2, 0.25) is 0 Å². The van der Waals surface area contributed by atoms with Crippen molar-refractivity contribution in [1.82, 2.24) is 10.6 Å². The smallest absolute Gasteiger partial charge is 0.191 e. The first-order valence-corrected chi connectivity index (χ1v) is 11.0. The molecule has 1 unspecified atom stereocenters. The van der Waals surface area contributed by atoms with Gasteiger partial charge >= 0.3 is 0 Å². The lowest BCUT2D eigenvalue weighted by Crippen LogP contribution is -2.40. The minimum absolute atomic E-state index is 0. The fourth-order valence-electron chi connectivity index (χ4n) is 3.46. The fraction of sp³-hybridized carbons (Fsp3) is 0.737. The number of rotatable bonds is 8. The summed E-state index contributed by atoms with van der Waals surface area (Å²) < 4.78 is 17.6. The molecule has 1 saturated carbocycles. The highest BCUT2D eigenvalue weighted by molar-refractivity contribution is 14.0. The number of hydrogen-bond donors (Lipinski definition) is 2. The van der Waals surface area contributed by atoms with Gasteiger partial charge in [-0.25, -0.2) is 0 Å². The number of aliphatic imine (C=N–C) groups is 1. The van der Waals surface area contributed by atoms with Crippen molar-refractivity contribution in [2.24, 2.45) is 4.99 Å². The Morgan fingerprint density at radius 3 is 2.81 bits per heavy atom. The van der Waals surface area contributed by atoms with E-state index in [1.165, 1.54) is 19.3 Å². The topological polar surface area (TPSA) is 68.0 Å². The summed E-state index contributed by atoms with van der Waals surface area (Å²) in [6, 6.07) is 3.91. The number of ether oxygens (including phenoxy) is 2. The normalized spacial score (nSPS) is 21.8. The van der Waals surface area contributed by atoms with E-state index in [2.05, 4.69) is 16.9 Å². The summed E-state index contributed by atoms with van der Waals surface area (Å²) in [7, 11) is 0. The Balaban J connectivity index is 0.00000261. The van der Waals surface area contributed by atoms with Crippen molar-refractivity contribution in [2.45, 2.75) is 50.4 Å². The molecule has 0 radical (unpaired) electrons. The summed E-state index contributed by atoms with van der Waals surface area (Å²) in [5, 5.41) is 6.77. The van der Waals surface area contributed by atoms with Crippen LogP contribution in [0.1, 0.15) is 37.9 Å². The number of hydrogen-bond acceptors (Lipinski definition) is 5. The van der Waals surface area contributed by atoms with Crippen molar-refractivity contribution < 1.29 is 13.9 Å². The molecule has 8 heteroatoms. The third-order valence-electron chi connectivity index (χ3n) is 4.82. The van der Waals surface area contributed by atoms with Crippen molar-refractivity contribution in [3.8, 4) is 0 Å². The molecular weight excluding hydrogens is 477 g/mol. The molecule has 2 heterocycles. The van der Waals surface area contributed by atoms with Crippen LogP contribution in [0.4, 0.5) is 0 Å². The number of thioether (sulfide) groups is 1. The molecule has 3 rings (SSSR count). The van der Waals surface area contributed by atoms with Crippen LogP contribution in [0.15, 0.2) is 27.8 Å². The zero-order valence-corrected chi connectivity index (χ0v) is 19.2. The Hall–Kier alpha value is -0.450. The zero-order valence-electron chi connectivity index (χ0n) is 16.1. The van der Waals surface area contributed by atoms with E-state index in [1.807, 2.05) is 23.9 Å². The van der Waals surface area contributed by atoms with Gasteiger partial charge in [-0.1, -0.05) is 6.42 Å². The van der Waals surface area contributed by atoms with Crippen LogP contribution in [0.5, 0.6) is 0 Å². The van der Waals surface area contributed by atoms with E-state index in [4.69, 9.17) is 18.9 Å². The predicted octanol–water partition coefficient (Wildman–Crippen LogP) is 3.41. The number of guanidine groups is 1. The quantitative estimate of drug-likeness (QED) is 0.242. The molecule has 1 atom stereocenters. The maximum absolute atomic E-state index is 6.23. The molecule has 0 bridgehead atoms. The molecule has 1 spiro atoms. The summed E-state index contributed by atoms with van der Waals surface area (Å²) in [6.07, 6.45) is 10.4. The lowest BCUT2D eigenvalue weighted by Gasteiger charge is -2.31. The fourth-order valence-corrected chi connectivity index (χ4v) is 3.76. The van der Waals surface area contributed by atoms with Crippen molar-refractivity contribution >= 4 is 41.7 Å². The van der Waals surface area contributed by atoms with Crippen LogP contribution < -0.4 is 10.6 Å². The van der Waals surface area contributed by atoms with Gasteiger partial charge in [0.15, 0.2) is 11.7 Å². The first-order valence-electron chi connectivity index (χ1n) is 9.65. The highest BCUT2D eigenvalue weighted by Crippen LogP contribution is 2.37. The second-order valence-corrected chi connectivity index (χ2v) is 7.87. The van der Waals surface area contributed by atoms with Crippen molar-refractivity contribution in [3.05, 3.63) is 24.2 Å². The molecule has 6 nitrogen and oxygen atoms in total. The molecule has 1 aromatic rings. The first-order chi connectivity index (χ1) is 12.8. The monoisotopic (exact) mass is 509 g/mol. The molecule has 1 aliphatic carbocycles. The molecule has 27 heavy (non-hydrogen) atoms. The molecule has 0 aromatic carbocycles. The number of halogens is 1. The average molecular weight is 509 g/mol. The largest absolute Gasteiger partial charge is 0.469 e. The van der Waals surface area contributed by atoms with Gasteiger partial charge in [-0.15, -0.1) is 24.0 Å². The Morgan fingerprint density at radius 2 is 2.07 bits per heavy atom. The highest BCUT2D eigenvalue weighted by atomic mass is 127.